The van der Waals surface area contributed by atoms with Crippen molar-refractivity contribution in [2.24, 2.45) is 5.41 Å². The SMILES string of the molecule is CC1(C#N)CCCN(S(=O)(=O)c2ccc(-c3ccc4ncccc4c3)cc2)C1. The van der Waals surface area contributed by atoms with Gasteiger partial charge in [0.2, 0.25) is 10.0 Å². The average molecular weight is 391 g/mol. The highest BCUT2D eigenvalue weighted by Crippen LogP contribution is 2.32. The number of pyridine rings is 1. The Bertz CT molecular complexity index is 1170. The van der Waals surface area contributed by atoms with Crippen molar-refractivity contribution in [1.82, 2.24) is 9.29 Å². The van der Waals surface area contributed by atoms with Crippen molar-refractivity contribution >= 4 is 20.9 Å². The van der Waals surface area contributed by atoms with Gasteiger partial charge in [0.15, 0.2) is 0 Å². The molecule has 1 fully saturated rings. The van der Waals surface area contributed by atoms with Crippen LogP contribution in [0.2, 0.25) is 0 Å². The molecule has 1 aliphatic heterocycles. The van der Waals surface area contributed by atoms with Crippen LogP contribution in [0.3, 0.4) is 0 Å². The zero-order valence-electron chi connectivity index (χ0n) is 15.7. The molecule has 1 aliphatic rings. The summed E-state index contributed by atoms with van der Waals surface area (Å²) in [5, 5.41) is 10.4. The number of aromatic nitrogens is 1. The molecule has 1 saturated heterocycles. The molecule has 1 atom stereocenters. The highest BCUT2D eigenvalue weighted by atomic mass is 32.2. The largest absolute Gasteiger partial charge is 0.256 e. The van der Waals surface area contributed by atoms with Crippen LogP contribution in [-0.4, -0.2) is 30.8 Å². The summed E-state index contributed by atoms with van der Waals surface area (Å²) < 4.78 is 27.5. The summed E-state index contributed by atoms with van der Waals surface area (Å²) in [4.78, 5) is 4.59. The molecule has 2 aromatic carbocycles. The maximum absolute atomic E-state index is 13.0. The molecule has 0 spiro atoms. The summed E-state index contributed by atoms with van der Waals surface area (Å²) >= 11 is 0. The van der Waals surface area contributed by atoms with Gasteiger partial charge < -0.3 is 0 Å². The number of rotatable bonds is 3. The Balaban J connectivity index is 1.62. The van der Waals surface area contributed by atoms with Crippen molar-refractivity contribution in [2.75, 3.05) is 13.1 Å². The number of piperidine rings is 1. The number of sulfonamides is 1. The first kappa shape index (κ1) is 18.6. The normalized spacial score (nSPS) is 20.7. The Morgan fingerprint density at radius 2 is 1.86 bits per heavy atom. The summed E-state index contributed by atoms with van der Waals surface area (Å²) in [5.74, 6) is 0. The third-order valence-electron chi connectivity index (χ3n) is 5.36. The second-order valence-corrected chi connectivity index (χ2v) is 9.49. The van der Waals surface area contributed by atoms with Gasteiger partial charge in [0.05, 0.1) is 21.9 Å². The maximum atomic E-state index is 13.0. The van der Waals surface area contributed by atoms with Crippen molar-refractivity contribution in [3.8, 4) is 17.2 Å². The second kappa shape index (κ2) is 7.01. The van der Waals surface area contributed by atoms with Crippen LogP contribution in [0.15, 0.2) is 65.7 Å². The van der Waals surface area contributed by atoms with E-state index in [2.05, 4.69) is 17.1 Å². The third kappa shape index (κ3) is 3.39. The number of nitriles is 1. The fourth-order valence-corrected chi connectivity index (χ4v) is 5.32. The first-order valence-electron chi connectivity index (χ1n) is 9.28. The summed E-state index contributed by atoms with van der Waals surface area (Å²) in [6.45, 7) is 2.52. The molecule has 142 valence electrons. The number of hydrogen-bond acceptors (Lipinski definition) is 4. The maximum Gasteiger partial charge on any atom is 0.243 e. The molecule has 5 nitrogen and oxygen atoms in total. The van der Waals surface area contributed by atoms with Gasteiger partial charge in [-0.3, -0.25) is 4.98 Å². The van der Waals surface area contributed by atoms with Gasteiger partial charge in [-0.2, -0.15) is 9.57 Å². The van der Waals surface area contributed by atoms with Gasteiger partial charge in [-0.25, -0.2) is 8.42 Å². The van der Waals surface area contributed by atoms with Crippen LogP contribution in [-0.2, 0) is 10.0 Å². The number of nitrogens with zero attached hydrogens (tertiary/aromatic N) is 3. The molecule has 6 heteroatoms. The minimum atomic E-state index is -3.60. The monoisotopic (exact) mass is 391 g/mol. The predicted molar refractivity (Wildman–Crippen MR) is 109 cm³/mol. The van der Waals surface area contributed by atoms with E-state index in [-0.39, 0.29) is 11.4 Å². The Morgan fingerprint density at radius 1 is 1.11 bits per heavy atom. The zero-order chi connectivity index (χ0) is 19.8. The van der Waals surface area contributed by atoms with Crippen LogP contribution in [0.25, 0.3) is 22.0 Å². The first-order chi connectivity index (χ1) is 13.4. The van der Waals surface area contributed by atoms with E-state index in [0.29, 0.717) is 13.0 Å². The second-order valence-electron chi connectivity index (χ2n) is 7.55. The lowest BCUT2D eigenvalue weighted by Crippen LogP contribution is -2.44. The number of hydrogen-bond donors (Lipinski definition) is 0. The smallest absolute Gasteiger partial charge is 0.243 e. The molecule has 0 amide bonds. The van der Waals surface area contributed by atoms with Crippen molar-refractivity contribution in [1.29, 1.82) is 5.26 Å². The van der Waals surface area contributed by atoms with Crippen LogP contribution in [0, 0.1) is 16.7 Å². The van der Waals surface area contributed by atoms with E-state index in [0.717, 1.165) is 28.5 Å². The highest BCUT2D eigenvalue weighted by molar-refractivity contribution is 7.89. The van der Waals surface area contributed by atoms with E-state index < -0.39 is 15.4 Å². The number of benzene rings is 2. The van der Waals surface area contributed by atoms with Crippen molar-refractivity contribution < 1.29 is 8.42 Å². The topological polar surface area (TPSA) is 74.1 Å². The van der Waals surface area contributed by atoms with Crippen LogP contribution in [0.4, 0.5) is 0 Å². The van der Waals surface area contributed by atoms with E-state index in [4.69, 9.17) is 0 Å². The van der Waals surface area contributed by atoms with E-state index in [1.165, 1.54) is 4.31 Å². The summed E-state index contributed by atoms with van der Waals surface area (Å²) in [7, 11) is -3.60. The van der Waals surface area contributed by atoms with Gasteiger partial charge in [0.1, 0.15) is 0 Å². The van der Waals surface area contributed by atoms with E-state index in [9.17, 15) is 13.7 Å². The molecule has 1 aromatic heterocycles. The van der Waals surface area contributed by atoms with Crippen LogP contribution < -0.4 is 0 Å². The van der Waals surface area contributed by atoms with Crippen LogP contribution >= 0.6 is 0 Å². The first-order valence-corrected chi connectivity index (χ1v) is 10.7. The lowest BCUT2D eigenvalue weighted by Gasteiger charge is -2.35. The molecule has 4 rings (SSSR count). The quantitative estimate of drug-likeness (QED) is 0.670. The van der Waals surface area contributed by atoms with E-state index in [1.54, 1.807) is 18.3 Å². The summed E-state index contributed by atoms with van der Waals surface area (Å²) in [6.07, 6.45) is 3.19. The van der Waals surface area contributed by atoms with Crippen molar-refractivity contribution in [3.63, 3.8) is 0 Å². The molecular weight excluding hydrogens is 370 g/mol. The van der Waals surface area contributed by atoms with Crippen LogP contribution in [0.1, 0.15) is 19.8 Å². The van der Waals surface area contributed by atoms with E-state index in [1.807, 2.05) is 43.3 Å². The van der Waals surface area contributed by atoms with E-state index >= 15 is 0 Å². The summed E-state index contributed by atoms with van der Waals surface area (Å²) in [5.41, 5.74) is 2.27. The van der Waals surface area contributed by atoms with Gasteiger partial charge in [-0.05, 0) is 61.2 Å². The summed E-state index contributed by atoms with van der Waals surface area (Å²) in [6, 6.07) is 19.1. The Kier molecular flexibility index (Phi) is 4.66. The lowest BCUT2D eigenvalue weighted by molar-refractivity contribution is 0.223. The van der Waals surface area contributed by atoms with Gasteiger partial charge in [0, 0.05) is 24.7 Å². The van der Waals surface area contributed by atoms with Gasteiger partial charge in [-0.1, -0.05) is 24.3 Å². The molecule has 0 saturated carbocycles. The molecule has 2 heterocycles. The Morgan fingerprint density at radius 3 is 2.61 bits per heavy atom. The molecule has 3 aromatic rings. The van der Waals surface area contributed by atoms with Gasteiger partial charge in [0.25, 0.3) is 0 Å². The number of fused-ring (bicyclic) bond motifs is 1. The molecular formula is C22H21N3O2S. The highest BCUT2D eigenvalue weighted by Gasteiger charge is 2.37. The van der Waals surface area contributed by atoms with Crippen molar-refractivity contribution in [2.45, 2.75) is 24.7 Å². The third-order valence-corrected chi connectivity index (χ3v) is 7.22. The predicted octanol–water partition coefficient (Wildman–Crippen LogP) is 4.22. The molecule has 28 heavy (non-hydrogen) atoms. The molecule has 0 bridgehead atoms. The fourth-order valence-electron chi connectivity index (χ4n) is 3.71. The Labute approximate surface area is 165 Å². The fraction of sp³-hybridized carbons (Fsp3) is 0.273. The molecule has 0 N–H and O–H groups in total. The zero-order valence-corrected chi connectivity index (χ0v) is 16.5. The molecule has 0 aliphatic carbocycles. The van der Waals surface area contributed by atoms with Gasteiger partial charge in [-0.15, -0.1) is 0 Å². The molecule has 1 unspecified atom stereocenters. The minimum Gasteiger partial charge on any atom is -0.256 e. The Hall–Kier alpha value is -2.75. The molecule has 0 radical (unpaired) electrons. The van der Waals surface area contributed by atoms with Crippen molar-refractivity contribution in [3.05, 3.63) is 60.8 Å². The van der Waals surface area contributed by atoms with Crippen LogP contribution in [0.5, 0.6) is 0 Å². The van der Waals surface area contributed by atoms with Gasteiger partial charge >= 0.3 is 0 Å². The minimum absolute atomic E-state index is 0.241. The standard InChI is InChI=1S/C22H21N3O2S/c1-22(15-23)11-3-13-25(16-22)28(26,27)20-8-5-17(6-9-20)18-7-10-21-19(14-18)4-2-12-24-21/h2,4-10,12,14H,3,11,13,16H2,1H3. The lowest BCUT2D eigenvalue weighted by atomic mass is 9.85. The average Bonchev–Trinajstić information content (AvgIpc) is 2.73.